The molecule has 4 nitrogen and oxygen atoms in total. The zero-order chi connectivity index (χ0) is 13.8. The Bertz CT molecular complexity index is 464. The minimum absolute atomic E-state index is 0.223. The highest BCUT2D eigenvalue weighted by atomic mass is 79.9. The van der Waals surface area contributed by atoms with Gasteiger partial charge in [0, 0.05) is 29.0 Å². The summed E-state index contributed by atoms with van der Waals surface area (Å²) < 4.78 is 11.5. The van der Waals surface area contributed by atoms with Crippen LogP contribution in [-0.2, 0) is 4.74 Å². The topological polar surface area (TPSA) is 38.8 Å². The quantitative estimate of drug-likeness (QED) is 0.854. The summed E-state index contributed by atoms with van der Waals surface area (Å²) in [5.74, 6) is 1.18. The van der Waals surface area contributed by atoms with E-state index in [9.17, 15) is 4.79 Å². The third kappa shape index (κ3) is 3.21. The second-order valence-electron chi connectivity index (χ2n) is 4.52. The van der Waals surface area contributed by atoms with E-state index in [1.54, 1.807) is 12.0 Å². The summed E-state index contributed by atoms with van der Waals surface area (Å²) in [4.78, 5) is 13.5. The number of benzene rings is 1. The molecule has 1 heterocycles. The average Bonchev–Trinajstić information content (AvgIpc) is 2.88. The van der Waals surface area contributed by atoms with Crippen molar-refractivity contribution in [1.29, 1.82) is 0 Å². The van der Waals surface area contributed by atoms with Gasteiger partial charge in [0.25, 0.3) is 0 Å². The highest BCUT2D eigenvalue weighted by molar-refractivity contribution is 9.10. The molecule has 0 aromatic heterocycles. The van der Waals surface area contributed by atoms with Gasteiger partial charge in [0.05, 0.1) is 13.7 Å². The Balaban J connectivity index is 2.12. The van der Waals surface area contributed by atoms with Crippen LogP contribution in [0.1, 0.15) is 24.8 Å². The van der Waals surface area contributed by atoms with Crippen LogP contribution in [0.15, 0.2) is 22.7 Å². The van der Waals surface area contributed by atoms with Crippen molar-refractivity contribution < 1.29 is 14.3 Å². The zero-order valence-corrected chi connectivity index (χ0v) is 12.8. The summed E-state index contributed by atoms with van der Waals surface area (Å²) in [6.07, 6.45) is 0.713. The van der Waals surface area contributed by atoms with Crippen molar-refractivity contribution >= 4 is 22.0 Å². The maximum atomic E-state index is 11.7. The lowest BCUT2D eigenvalue weighted by molar-refractivity contribution is 0.115. The largest absolute Gasteiger partial charge is 0.496 e. The van der Waals surface area contributed by atoms with E-state index in [4.69, 9.17) is 9.47 Å². The van der Waals surface area contributed by atoms with Gasteiger partial charge >= 0.3 is 6.09 Å². The number of rotatable bonds is 3. The van der Waals surface area contributed by atoms with Gasteiger partial charge in [-0.3, -0.25) is 0 Å². The molecule has 1 amide bonds. The SMILES string of the molecule is CCOC(=O)N1CCC(c2cc(Br)ccc2OC)C1. The fourth-order valence-electron chi connectivity index (χ4n) is 2.42. The molecular weight excluding hydrogens is 310 g/mol. The number of nitrogens with zero attached hydrogens (tertiary/aromatic N) is 1. The molecule has 1 aromatic carbocycles. The molecule has 1 atom stereocenters. The maximum absolute atomic E-state index is 11.7. The molecule has 1 fully saturated rings. The molecule has 5 heteroatoms. The van der Waals surface area contributed by atoms with Crippen molar-refractivity contribution in [3.05, 3.63) is 28.2 Å². The van der Waals surface area contributed by atoms with Gasteiger partial charge in [-0.25, -0.2) is 4.79 Å². The molecule has 0 aliphatic carbocycles. The molecule has 0 saturated carbocycles. The van der Waals surface area contributed by atoms with Crippen molar-refractivity contribution in [3.63, 3.8) is 0 Å². The predicted molar refractivity (Wildman–Crippen MR) is 76.6 cm³/mol. The second-order valence-corrected chi connectivity index (χ2v) is 5.43. The smallest absolute Gasteiger partial charge is 0.409 e. The Morgan fingerprint density at radius 1 is 1.53 bits per heavy atom. The van der Waals surface area contributed by atoms with Gasteiger partial charge < -0.3 is 14.4 Å². The van der Waals surface area contributed by atoms with Gasteiger partial charge in [0.2, 0.25) is 0 Å². The highest BCUT2D eigenvalue weighted by Gasteiger charge is 2.29. The summed E-state index contributed by atoms with van der Waals surface area (Å²) in [6, 6.07) is 5.98. The van der Waals surface area contributed by atoms with Gasteiger partial charge in [0.15, 0.2) is 0 Å². The van der Waals surface area contributed by atoms with Gasteiger partial charge in [-0.05, 0) is 31.5 Å². The van der Waals surface area contributed by atoms with E-state index < -0.39 is 0 Å². The number of hydrogen-bond donors (Lipinski definition) is 0. The number of carbonyl (C=O) groups excluding carboxylic acids is 1. The molecular formula is C14H18BrNO3. The number of likely N-dealkylation sites (tertiary alicyclic amines) is 1. The third-order valence-corrected chi connectivity index (χ3v) is 3.84. The van der Waals surface area contributed by atoms with Crippen LogP contribution in [0.3, 0.4) is 0 Å². The van der Waals surface area contributed by atoms with Crippen LogP contribution >= 0.6 is 15.9 Å². The number of methoxy groups -OCH3 is 1. The summed E-state index contributed by atoms with van der Waals surface area (Å²) in [5, 5.41) is 0. The fraction of sp³-hybridized carbons (Fsp3) is 0.500. The lowest BCUT2D eigenvalue weighted by Gasteiger charge is -2.17. The Hall–Kier alpha value is -1.23. The first kappa shape index (κ1) is 14.2. The van der Waals surface area contributed by atoms with Crippen LogP contribution in [0.2, 0.25) is 0 Å². The van der Waals surface area contributed by atoms with E-state index >= 15 is 0 Å². The van der Waals surface area contributed by atoms with Crippen LogP contribution in [0.4, 0.5) is 4.79 Å². The fourth-order valence-corrected chi connectivity index (χ4v) is 2.80. The normalized spacial score (nSPS) is 18.5. The first-order chi connectivity index (χ1) is 9.15. The molecule has 19 heavy (non-hydrogen) atoms. The monoisotopic (exact) mass is 327 g/mol. The number of carbonyl (C=O) groups is 1. The third-order valence-electron chi connectivity index (χ3n) is 3.35. The molecule has 0 N–H and O–H groups in total. The molecule has 1 saturated heterocycles. The van der Waals surface area contributed by atoms with Crippen molar-refractivity contribution in [3.8, 4) is 5.75 Å². The van der Waals surface area contributed by atoms with Crippen LogP contribution in [0.25, 0.3) is 0 Å². The number of ether oxygens (including phenoxy) is 2. The molecule has 0 radical (unpaired) electrons. The first-order valence-corrected chi connectivity index (χ1v) is 7.20. The Kier molecular flexibility index (Phi) is 4.69. The second kappa shape index (κ2) is 6.28. The minimum Gasteiger partial charge on any atom is -0.496 e. The lowest BCUT2D eigenvalue weighted by Crippen LogP contribution is -2.29. The van der Waals surface area contributed by atoms with Crippen molar-refractivity contribution in [2.45, 2.75) is 19.3 Å². The van der Waals surface area contributed by atoms with Gasteiger partial charge in [-0.1, -0.05) is 15.9 Å². The lowest BCUT2D eigenvalue weighted by atomic mass is 9.97. The summed E-state index contributed by atoms with van der Waals surface area (Å²) >= 11 is 3.48. The number of halogens is 1. The summed E-state index contributed by atoms with van der Waals surface area (Å²) in [6.45, 7) is 3.66. The van der Waals surface area contributed by atoms with E-state index in [0.717, 1.165) is 28.8 Å². The number of amides is 1. The van der Waals surface area contributed by atoms with Crippen molar-refractivity contribution in [2.75, 3.05) is 26.8 Å². The van der Waals surface area contributed by atoms with Gasteiger partial charge in [0.1, 0.15) is 5.75 Å². The van der Waals surface area contributed by atoms with Crippen molar-refractivity contribution in [1.82, 2.24) is 4.90 Å². The molecule has 1 aliphatic rings. The molecule has 1 aromatic rings. The van der Waals surface area contributed by atoms with E-state index in [2.05, 4.69) is 22.0 Å². The average molecular weight is 328 g/mol. The first-order valence-electron chi connectivity index (χ1n) is 6.40. The Morgan fingerprint density at radius 2 is 2.32 bits per heavy atom. The minimum atomic E-state index is -0.223. The standard InChI is InChI=1S/C14H18BrNO3/c1-3-19-14(17)16-7-6-10(9-16)12-8-11(15)4-5-13(12)18-2/h4-5,8,10H,3,6-7,9H2,1-2H3. The summed E-state index contributed by atoms with van der Waals surface area (Å²) in [5.41, 5.74) is 1.14. The maximum Gasteiger partial charge on any atom is 0.409 e. The van der Waals surface area contributed by atoms with E-state index in [1.165, 1.54) is 0 Å². The molecule has 0 bridgehead atoms. The van der Waals surface area contributed by atoms with E-state index in [1.807, 2.05) is 19.1 Å². The van der Waals surface area contributed by atoms with Crippen LogP contribution in [-0.4, -0.2) is 37.8 Å². The van der Waals surface area contributed by atoms with Crippen molar-refractivity contribution in [2.24, 2.45) is 0 Å². The number of hydrogen-bond acceptors (Lipinski definition) is 3. The molecule has 0 spiro atoms. The Labute approximate surface area is 121 Å². The summed E-state index contributed by atoms with van der Waals surface area (Å²) in [7, 11) is 1.67. The highest BCUT2D eigenvalue weighted by Crippen LogP contribution is 2.35. The van der Waals surface area contributed by atoms with Crippen LogP contribution in [0.5, 0.6) is 5.75 Å². The predicted octanol–water partition coefficient (Wildman–Crippen LogP) is 3.40. The van der Waals surface area contributed by atoms with Gasteiger partial charge in [-0.2, -0.15) is 0 Å². The molecule has 2 rings (SSSR count). The molecule has 104 valence electrons. The Morgan fingerprint density at radius 3 is 3.00 bits per heavy atom. The van der Waals surface area contributed by atoms with E-state index in [0.29, 0.717) is 19.1 Å². The molecule has 1 unspecified atom stereocenters. The zero-order valence-electron chi connectivity index (χ0n) is 11.2. The van der Waals surface area contributed by atoms with Crippen LogP contribution in [0, 0.1) is 0 Å². The molecule has 1 aliphatic heterocycles. The van der Waals surface area contributed by atoms with E-state index in [-0.39, 0.29) is 6.09 Å². The van der Waals surface area contributed by atoms with Crippen LogP contribution < -0.4 is 4.74 Å². The van der Waals surface area contributed by atoms with Gasteiger partial charge in [-0.15, -0.1) is 0 Å².